The minimum atomic E-state index is -3.67. The van der Waals surface area contributed by atoms with E-state index < -0.39 is 10.0 Å². The van der Waals surface area contributed by atoms with Crippen molar-refractivity contribution >= 4 is 15.8 Å². The SMILES string of the molecule is Cc1nccn1-c1cc(NS(=O)(=O)c2ccccc2)ncn1. The predicted molar refractivity (Wildman–Crippen MR) is 81.1 cm³/mol. The van der Waals surface area contributed by atoms with Crippen molar-refractivity contribution in [3.63, 3.8) is 0 Å². The van der Waals surface area contributed by atoms with Gasteiger partial charge in [0.1, 0.15) is 23.8 Å². The van der Waals surface area contributed by atoms with Gasteiger partial charge in [-0.1, -0.05) is 18.2 Å². The first kappa shape index (κ1) is 14.2. The summed E-state index contributed by atoms with van der Waals surface area (Å²) in [6.07, 6.45) is 4.69. The Kier molecular flexibility index (Phi) is 3.60. The summed E-state index contributed by atoms with van der Waals surface area (Å²) in [6.45, 7) is 1.83. The Morgan fingerprint density at radius 2 is 1.86 bits per heavy atom. The van der Waals surface area contributed by atoms with E-state index in [1.807, 2.05) is 6.92 Å². The molecule has 8 heteroatoms. The molecule has 0 aliphatic rings. The molecule has 3 rings (SSSR count). The third kappa shape index (κ3) is 2.82. The molecule has 0 radical (unpaired) electrons. The first-order valence-corrected chi connectivity index (χ1v) is 7.95. The highest BCUT2D eigenvalue weighted by atomic mass is 32.2. The quantitative estimate of drug-likeness (QED) is 0.792. The predicted octanol–water partition coefficient (Wildman–Crippen LogP) is 1.77. The Morgan fingerprint density at radius 1 is 1.09 bits per heavy atom. The average molecular weight is 315 g/mol. The lowest BCUT2D eigenvalue weighted by Crippen LogP contribution is -2.14. The fourth-order valence-electron chi connectivity index (χ4n) is 1.95. The maximum atomic E-state index is 12.3. The number of benzene rings is 1. The molecule has 22 heavy (non-hydrogen) atoms. The highest BCUT2D eigenvalue weighted by Crippen LogP contribution is 2.16. The zero-order chi connectivity index (χ0) is 15.6. The first-order valence-electron chi connectivity index (χ1n) is 6.46. The van der Waals surface area contributed by atoms with Gasteiger partial charge in [-0.25, -0.2) is 23.4 Å². The maximum absolute atomic E-state index is 12.3. The first-order chi connectivity index (χ1) is 10.6. The number of anilines is 1. The van der Waals surface area contributed by atoms with Gasteiger partial charge in [-0.15, -0.1) is 0 Å². The van der Waals surface area contributed by atoms with Crippen molar-refractivity contribution in [2.75, 3.05) is 4.72 Å². The van der Waals surface area contributed by atoms with Crippen LogP contribution >= 0.6 is 0 Å². The molecule has 0 saturated carbocycles. The molecule has 3 aromatic rings. The number of imidazole rings is 1. The Labute approximate surface area is 127 Å². The average Bonchev–Trinajstić information content (AvgIpc) is 2.94. The summed E-state index contributed by atoms with van der Waals surface area (Å²) in [5.74, 6) is 1.48. The molecular weight excluding hydrogens is 302 g/mol. The van der Waals surface area contributed by atoms with Gasteiger partial charge < -0.3 is 0 Å². The van der Waals surface area contributed by atoms with E-state index in [0.717, 1.165) is 5.82 Å². The zero-order valence-electron chi connectivity index (χ0n) is 11.7. The van der Waals surface area contributed by atoms with E-state index in [-0.39, 0.29) is 10.7 Å². The van der Waals surface area contributed by atoms with Crippen LogP contribution < -0.4 is 4.72 Å². The van der Waals surface area contributed by atoms with Crippen molar-refractivity contribution in [3.8, 4) is 5.82 Å². The number of aryl methyl sites for hydroxylation is 1. The van der Waals surface area contributed by atoms with Gasteiger partial charge in [0.25, 0.3) is 10.0 Å². The van der Waals surface area contributed by atoms with E-state index in [4.69, 9.17) is 0 Å². The van der Waals surface area contributed by atoms with Crippen LogP contribution in [0.1, 0.15) is 5.82 Å². The molecule has 0 atom stereocenters. The normalized spacial score (nSPS) is 11.3. The summed E-state index contributed by atoms with van der Waals surface area (Å²) in [5, 5.41) is 0. The topological polar surface area (TPSA) is 89.8 Å². The van der Waals surface area contributed by atoms with Gasteiger partial charge in [-0.2, -0.15) is 0 Å². The van der Waals surface area contributed by atoms with E-state index in [1.54, 1.807) is 41.2 Å². The fraction of sp³-hybridized carbons (Fsp3) is 0.0714. The molecule has 0 bridgehead atoms. The number of nitrogens with one attached hydrogen (secondary N) is 1. The number of aromatic nitrogens is 4. The van der Waals surface area contributed by atoms with Crippen LogP contribution in [0, 0.1) is 6.92 Å². The number of sulfonamides is 1. The fourth-order valence-corrected chi connectivity index (χ4v) is 2.97. The number of rotatable bonds is 4. The molecule has 2 heterocycles. The summed E-state index contributed by atoms with van der Waals surface area (Å²) >= 11 is 0. The van der Waals surface area contributed by atoms with Gasteiger partial charge in [-0.3, -0.25) is 9.29 Å². The van der Waals surface area contributed by atoms with E-state index in [2.05, 4.69) is 19.7 Å². The Hall–Kier alpha value is -2.74. The molecule has 0 saturated heterocycles. The Balaban J connectivity index is 1.93. The van der Waals surface area contributed by atoms with E-state index in [0.29, 0.717) is 5.82 Å². The summed E-state index contributed by atoms with van der Waals surface area (Å²) in [4.78, 5) is 12.4. The molecule has 0 unspecified atom stereocenters. The Morgan fingerprint density at radius 3 is 2.55 bits per heavy atom. The minimum absolute atomic E-state index is 0.175. The smallest absolute Gasteiger partial charge is 0.263 e. The van der Waals surface area contributed by atoms with Gasteiger partial charge in [0, 0.05) is 18.5 Å². The molecule has 0 spiro atoms. The number of nitrogens with zero attached hydrogens (tertiary/aromatic N) is 4. The largest absolute Gasteiger partial charge is 0.288 e. The number of hydrogen-bond donors (Lipinski definition) is 1. The van der Waals surface area contributed by atoms with E-state index in [9.17, 15) is 8.42 Å². The second-order valence-corrected chi connectivity index (χ2v) is 6.21. The second kappa shape index (κ2) is 5.57. The van der Waals surface area contributed by atoms with Crippen molar-refractivity contribution in [3.05, 3.63) is 60.9 Å². The molecule has 2 aromatic heterocycles. The van der Waals surface area contributed by atoms with Gasteiger partial charge in [0.05, 0.1) is 4.90 Å². The van der Waals surface area contributed by atoms with Crippen molar-refractivity contribution in [1.29, 1.82) is 0 Å². The lowest BCUT2D eigenvalue weighted by atomic mass is 10.4. The van der Waals surface area contributed by atoms with E-state index >= 15 is 0 Å². The highest BCUT2D eigenvalue weighted by Gasteiger charge is 2.15. The van der Waals surface area contributed by atoms with Crippen molar-refractivity contribution in [2.24, 2.45) is 0 Å². The summed E-state index contributed by atoms with van der Waals surface area (Å²) in [5.41, 5.74) is 0. The summed E-state index contributed by atoms with van der Waals surface area (Å²) in [7, 11) is -3.67. The third-order valence-electron chi connectivity index (χ3n) is 3.02. The summed E-state index contributed by atoms with van der Waals surface area (Å²) in [6, 6.07) is 9.66. The minimum Gasteiger partial charge on any atom is -0.288 e. The van der Waals surface area contributed by atoms with E-state index in [1.165, 1.54) is 18.5 Å². The molecule has 0 amide bonds. The van der Waals surface area contributed by atoms with Gasteiger partial charge in [0.15, 0.2) is 0 Å². The van der Waals surface area contributed by atoms with Crippen LogP contribution in [0.3, 0.4) is 0 Å². The molecule has 0 aliphatic heterocycles. The Bertz CT molecular complexity index is 890. The van der Waals surface area contributed by atoms with Crippen molar-refractivity contribution in [2.45, 2.75) is 11.8 Å². The highest BCUT2D eigenvalue weighted by molar-refractivity contribution is 7.92. The van der Waals surface area contributed by atoms with Crippen LogP contribution in [0.2, 0.25) is 0 Å². The monoisotopic (exact) mass is 315 g/mol. The van der Waals surface area contributed by atoms with Gasteiger partial charge >= 0.3 is 0 Å². The van der Waals surface area contributed by atoms with Crippen LogP contribution in [0.25, 0.3) is 5.82 Å². The molecule has 1 aromatic carbocycles. The second-order valence-electron chi connectivity index (χ2n) is 4.52. The number of hydrogen-bond acceptors (Lipinski definition) is 5. The summed E-state index contributed by atoms with van der Waals surface area (Å²) < 4.78 is 28.7. The van der Waals surface area contributed by atoms with Crippen molar-refractivity contribution in [1.82, 2.24) is 19.5 Å². The zero-order valence-corrected chi connectivity index (χ0v) is 12.5. The van der Waals surface area contributed by atoms with Crippen LogP contribution in [-0.2, 0) is 10.0 Å². The third-order valence-corrected chi connectivity index (χ3v) is 4.39. The maximum Gasteiger partial charge on any atom is 0.263 e. The van der Waals surface area contributed by atoms with Gasteiger partial charge in [0.2, 0.25) is 0 Å². The molecule has 0 aliphatic carbocycles. The van der Waals surface area contributed by atoms with Crippen LogP contribution in [0.15, 0.2) is 60.0 Å². The van der Waals surface area contributed by atoms with Gasteiger partial charge in [-0.05, 0) is 19.1 Å². The molecular formula is C14H13N5O2S. The molecule has 0 fully saturated rings. The lowest BCUT2D eigenvalue weighted by molar-refractivity contribution is 0.601. The van der Waals surface area contributed by atoms with Crippen molar-refractivity contribution < 1.29 is 8.42 Å². The molecule has 7 nitrogen and oxygen atoms in total. The van der Waals surface area contributed by atoms with Crippen LogP contribution in [0.5, 0.6) is 0 Å². The molecule has 112 valence electrons. The van der Waals surface area contributed by atoms with Crippen LogP contribution in [0.4, 0.5) is 5.82 Å². The standard InChI is InChI=1S/C14H13N5O2S/c1-11-15-7-8-19(11)14-9-13(16-10-17-14)18-22(20,21)12-5-3-2-4-6-12/h2-10H,1H3,(H,16,17,18). The lowest BCUT2D eigenvalue weighted by Gasteiger charge is -2.09. The van der Waals surface area contributed by atoms with Crippen LogP contribution in [-0.4, -0.2) is 27.9 Å². The molecule has 1 N–H and O–H groups in total.